The summed E-state index contributed by atoms with van der Waals surface area (Å²) in [5.74, 6) is 0.700. The van der Waals surface area contributed by atoms with E-state index in [0.29, 0.717) is 12.4 Å². The lowest BCUT2D eigenvalue weighted by atomic mass is 10.2. The highest BCUT2D eigenvalue weighted by Gasteiger charge is 2.07. The number of rotatable bonds is 4. The number of pyridine rings is 1. The van der Waals surface area contributed by atoms with Crippen molar-refractivity contribution in [2.75, 3.05) is 5.32 Å². The van der Waals surface area contributed by atoms with Gasteiger partial charge in [0.2, 0.25) is 0 Å². The first-order valence-corrected chi connectivity index (χ1v) is 6.38. The van der Waals surface area contributed by atoms with Crippen molar-refractivity contribution >= 4 is 22.5 Å². The third kappa shape index (κ3) is 2.53. The first kappa shape index (κ1) is 13.0. The van der Waals surface area contributed by atoms with E-state index < -0.39 is 4.92 Å². The van der Waals surface area contributed by atoms with E-state index in [0.717, 1.165) is 16.6 Å². The molecule has 0 amide bonds. The Bertz CT molecular complexity index is 795. The van der Waals surface area contributed by atoms with Crippen LogP contribution in [-0.2, 0) is 13.6 Å². The molecule has 3 rings (SSSR count). The van der Waals surface area contributed by atoms with Gasteiger partial charge >= 0.3 is 0 Å². The molecule has 3 aromatic rings. The first-order valence-electron chi connectivity index (χ1n) is 6.38. The van der Waals surface area contributed by atoms with Gasteiger partial charge in [-0.1, -0.05) is 12.1 Å². The van der Waals surface area contributed by atoms with E-state index in [1.165, 1.54) is 12.1 Å². The summed E-state index contributed by atoms with van der Waals surface area (Å²) < 4.78 is 1.92. The average Bonchev–Trinajstić information content (AvgIpc) is 2.88. The summed E-state index contributed by atoms with van der Waals surface area (Å²) in [6.45, 7) is 0.528. The molecule has 106 valence electrons. The van der Waals surface area contributed by atoms with Crippen molar-refractivity contribution in [1.82, 2.24) is 14.5 Å². The van der Waals surface area contributed by atoms with E-state index in [1.54, 1.807) is 24.7 Å². The summed E-state index contributed by atoms with van der Waals surface area (Å²) in [5.41, 5.74) is 2.83. The van der Waals surface area contributed by atoms with Crippen molar-refractivity contribution in [3.8, 4) is 0 Å². The van der Waals surface area contributed by atoms with Crippen LogP contribution in [0.5, 0.6) is 0 Å². The normalized spacial score (nSPS) is 10.7. The SMILES string of the molecule is Cn1cnc2c(NCc3ccc([N+](=O)[O-])cc3)nccc21. The highest BCUT2D eigenvalue weighted by Crippen LogP contribution is 2.19. The van der Waals surface area contributed by atoms with Crippen LogP contribution in [0.4, 0.5) is 11.5 Å². The molecule has 0 radical (unpaired) electrons. The number of hydrogen-bond acceptors (Lipinski definition) is 5. The molecular formula is C14H13N5O2. The van der Waals surface area contributed by atoms with Crippen molar-refractivity contribution in [1.29, 1.82) is 0 Å². The maximum absolute atomic E-state index is 10.6. The number of nitrogens with one attached hydrogen (secondary N) is 1. The number of nitrogens with zero attached hydrogens (tertiary/aromatic N) is 4. The number of aromatic nitrogens is 3. The molecule has 0 atom stereocenters. The molecule has 0 saturated carbocycles. The second-order valence-corrected chi connectivity index (χ2v) is 4.66. The number of aryl methyl sites for hydroxylation is 1. The number of hydrogen-bond donors (Lipinski definition) is 1. The molecule has 0 aliphatic carbocycles. The van der Waals surface area contributed by atoms with Crippen LogP contribution in [0.25, 0.3) is 11.0 Å². The maximum Gasteiger partial charge on any atom is 0.269 e. The average molecular weight is 283 g/mol. The number of benzene rings is 1. The molecule has 2 aromatic heterocycles. The lowest BCUT2D eigenvalue weighted by Crippen LogP contribution is -2.02. The van der Waals surface area contributed by atoms with E-state index in [1.807, 2.05) is 17.7 Å². The van der Waals surface area contributed by atoms with Gasteiger partial charge in [0.05, 0.1) is 16.8 Å². The summed E-state index contributed by atoms with van der Waals surface area (Å²) in [7, 11) is 1.93. The van der Waals surface area contributed by atoms with Crippen molar-refractivity contribution in [2.45, 2.75) is 6.54 Å². The van der Waals surface area contributed by atoms with Gasteiger partial charge in [-0.2, -0.15) is 0 Å². The summed E-state index contributed by atoms with van der Waals surface area (Å²) in [5, 5.41) is 13.8. The molecule has 0 spiro atoms. The Hall–Kier alpha value is -2.96. The monoisotopic (exact) mass is 283 g/mol. The molecule has 21 heavy (non-hydrogen) atoms. The van der Waals surface area contributed by atoms with Crippen LogP contribution in [0.1, 0.15) is 5.56 Å². The second-order valence-electron chi connectivity index (χ2n) is 4.66. The van der Waals surface area contributed by atoms with Crippen LogP contribution in [0.3, 0.4) is 0 Å². The van der Waals surface area contributed by atoms with E-state index in [4.69, 9.17) is 0 Å². The zero-order valence-corrected chi connectivity index (χ0v) is 11.4. The molecule has 1 N–H and O–H groups in total. The Labute approximate surface area is 120 Å². The summed E-state index contributed by atoms with van der Waals surface area (Å²) in [4.78, 5) is 18.8. The minimum atomic E-state index is -0.409. The van der Waals surface area contributed by atoms with Gasteiger partial charge in [0.25, 0.3) is 5.69 Å². The van der Waals surface area contributed by atoms with E-state index in [2.05, 4.69) is 15.3 Å². The van der Waals surface area contributed by atoms with Gasteiger partial charge in [0.15, 0.2) is 5.82 Å². The Balaban J connectivity index is 1.78. The molecular weight excluding hydrogens is 270 g/mol. The smallest absolute Gasteiger partial charge is 0.269 e. The molecule has 0 aliphatic heterocycles. The first-order chi connectivity index (χ1) is 10.1. The van der Waals surface area contributed by atoms with Crippen molar-refractivity contribution < 1.29 is 4.92 Å². The Morgan fingerprint density at radius 2 is 2.00 bits per heavy atom. The van der Waals surface area contributed by atoms with Crippen LogP contribution in [0, 0.1) is 10.1 Å². The molecule has 7 heteroatoms. The zero-order valence-electron chi connectivity index (χ0n) is 11.4. The minimum Gasteiger partial charge on any atom is -0.364 e. The quantitative estimate of drug-likeness (QED) is 0.587. The fourth-order valence-corrected chi connectivity index (χ4v) is 2.11. The van der Waals surface area contributed by atoms with Crippen LogP contribution in [0.2, 0.25) is 0 Å². The van der Waals surface area contributed by atoms with Gasteiger partial charge in [-0.05, 0) is 11.6 Å². The lowest BCUT2D eigenvalue weighted by molar-refractivity contribution is -0.384. The Morgan fingerprint density at radius 3 is 2.71 bits per heavy atom. The molecule has 2 heterocycles. The van der Waals surface area contributed by atoms with Gasteiger partial charge in [-0.15, -0.1) is 0 Å². The second kappa shape index (κ2) is 5.20. The Morgan fingerprint density at radius 1 is 1.24 bits per heavy atom. The number of anilines is 1. The van der Waals surface area contributed by atoms with Gasteiger partial charge in [0, 0.05) is 31.9 Å². The highest BCUT2D eigenvalue weighted by atomic mass is 16.6. The molecule has 0 unspecified atom stereocenters. The number of non-ortho nitro benzene ring substituents is 1. The van der Waals surface area contributed by atoms with Crippen LogP contribution in [0.15, 0.2) is 42.9 Å². The molecule has 7 nitrogen and oxygen atoms in total. The van der Waals surface area contributed by atoms with Crippen molar-refractivity contribution in [3.05, 3.63) is 58.5 Å². The predicted molar refractivity (Wildman–Crippen MR) is 78.9 cm³/mol. The van der Waals surface area contributed by atoms with Gasteiger partial charge < -0.3 is 9.88 Å². The fourth-order valence-electron chi connectivity index (χ4n) is 2.11. The number of nitro benzene ring substituents is 1. The lowest BCUT2D eigenvalue weighted by Gasteiger charge is -2.06. The topological polar surface area (TPSA) is 85.9 Å². The molecule has 0 fully saturated rings. The minimum absolute atomic E-state index is 0.0868. The Kier molecular flexibility index (Phi) is 3.23. The third-order valence-electron chi connectivity index (χ3n) is 3.25. The van der Waals surface area contributed by atoms with E-state index in [9.17, 15) is 10.1 Å². The zero-order chi connectivity index (χ0) is 14.8. The van der Waals surface area contributed by atoms with Gasteiger partial charge in [-0.3, -0.25) is 10.1 Å². The van der Waals surface area contributed by atoms with Crippen LogP contribution >= 0.6 is 0 Å². The molecule has 0 saturated heterocycles. The molecule has 0 aliphatic rings. The number of fused-ring (bicyclic) bond motifs is 1. The van der Waals surface area contributed by atoms with Gasteiger partial charge in [-0.25, -0.2) is 9.97 Å². The van der Waals surface area contributed by atoms with Crippen molar-refractivity contribution in [3.63, 3.8) is 0 Å². The maximum atomic E-state index is 10.6. The van der Waals surface area contributed by atoms with Crippen LogP contribution in [-0.4, -0.2) is 19.5 Å². The van der Waals surface area contributed by atoms with Gasteiger partial charge in [0.1, 0.15) is 5.52 Å². The third-order valence-corrected chi connectivity index (χ3v) is 3.25. The number of imidazole rings is 1. The van der Waals surface area contributed by atoms with Crippen molar-refractivity contribution in [2.24, 2.45) is 7.05 Å². The molecule has 0 bridgehead atoms. The summed E-state index contributed by atoms with van der Waals surface area (Å²) >= 11 is 0. The van der Waals surface area contributed by atoms with E-state index in [-0.39, 0.29) is 5.69 Å². The van der Waals surface area contributed by atoms with Crippen LogP contribution < -0.4 is 5.32 Å². The molecule has 1 aromatic carbocycles. The largest absolute Gasteiger partial charge is 0.364 e. The predicted octanol–water partition coefficient (Wildman–Crippen LogP) is 2.49. The summed E-state index contributed by atoms with van der Waals surface area (Å²) in [6.07, 6.45) is 3.46. The van der Waals surface area contributed by atoms with E-state index >= 15 is 0 Å². The highest BCUT2D eigenvalue weighted by molar-refractivity contribution is 5.85. The number of nitro groups is 1. The fraction of sp³-hybridized carbons (Fsp3) is 0.143. The summed E-state index contributed by atoms with van der Waals surface area (Å²) in [6, 6.07) is 8.34. The standard InChI is InChI=1S/C14H13N5O2/c1-18-9-17-13-12(18)6-7-15-14(13)16-8-10-2-4-11(5-3-10)19(20)21/h2-7,9H,8H2,1H3,(H,15,16).